The largest absolute Gasteiger partial charge is 0.481 e. The van der Waals surface area contributed by atoms with Gasteiger partial charge in [0.05, 0.1) is 11.6 Å². The SMILES string of the molecule is CC(CNc1cccc(C#N)c1)CC(=O)O. The summed E-state index contributed by atoms with van der Waals surface area (Å²) in [4.78, 5) is 10.5. The van der Waals surface area contributed by atoms with Crippen molar-refractivity contribution in [2.75, 3.05) is 11.9 Å². The maximum Gasteiger partial charge on any atom is 0.303 e. The molecule has 0 radical (unpaired) electrons. The Morgan fingerprint density at radius 2 is 2.38 bits per heavy atom. The van der Waals surface area contributed by atoms with Crippen molar-refractivity contribution in [3.63, 3.8) is 0 Å². The van der Waals surface area contributed by atoms with Crippen molar-refractivity contribution in [3.05, 3.63) is 29.8 Å². The molecule has 0 spiro atoms. The number of carboxylic acids is 1. The maximum atomic E-state index is 10.5. The van der Waals surface area contributed by atoms with Crippen LogP contribution in [0.4, 0.5) is 5.69 Å². The molecule has 16 heavy (non-hydrogen) atoms. The lowest BCUT2D eigenvalue weighted by Crippen LogP contribution is -2.14. The predicted molar refractivity (Wildman–Crippen MR) is 61.1 cm³/mol. The number of aliphatic carboxylic acids is 1. The zero-order valence-corrected chi connectivity index (χ0v) is 9.10. The standard InChI is InChI=1S/C12H14N2O2/c1-9(5-12(15)16)8-14-11-4-2-3-10(6-11)7-13/h2-4,6,9,14H,5,8H2,1H3,(H,15,16). The van der Waals surface area contributed by atoms with Crippen LogP contribution >= 0.6 is 0 Å². The Kier molecular flexibility index (Phi) is 4.34. The molecule has 2 N–H and O–H groups in total. The molecule has 1 atom stereocenters. The Bertz CT molecular complexity index is 410. The van der Waals surface area contributed by atoms with Gasteiger partial charge in [0.15, 0.2) is 0 Å². The fourth-order valence-electron chi connectivity index (χ4n) is 1.36. The number of rotatable bonds is 5. The Balaban J connectivity index is 2.48. The predicted octanol–water partition coefficient (Wildman–Crippen LogP) is 2.08. The van der Waals surface area contributed by atoms with Crippen LogP contribution in [0.3, 0.4) is 0 Å². The lowest BCUT2D eigenvalue weighted by molar-refractivity contribution is -0.137. The summed E-state index contributed by atoms with van der Waals surface area (Å²) in [6.07, 6.45) is 0.144. The molecule has 0 aromatic heterocycles. The Hall–Kier alpha value is -2.02. The summed E-state index contributed by atoms with van der Waals surface area (Å²) in [7, 11) is 0. The van der Waals surface area contributed by atoms with E-state index in [0.717, 1.165) is 5.69 Å². The van der Waals surface area contributed by atoms with Crippen LogP contribution in [-0.4, -0.2) is 17.6 Å². The fourth-order valence-corrected chi connectivity index (χ4v) is 1.36. The van der Waals surface area contributed by atoms with E-state index in [2.05, 4.69) is 11.4 Å². The number of hydrogen-bond donors (Lipinski definition) is 2. The smallest absolute Gasteiger partial charge is 0.303 e. The second-order valence-corrected chi connectivity index (χ2v) is 3.78. The highest BCUT2D eigenvalue weighted by Crippen LogP contribution is 2.11. The van der Waals surface area contributed by atoms with Gasteiger partial charge in [0.2, 0.25) is 0 Å². The molecule has 1 rings (SSSR count). The number of nitrogens with one attached hydrogen (secondary N) is 1. The molecule has 0 aliphatic heterocycles. The first-order valence-electron chi connectivity index (χ1n) is 5.07. The van der Waals surface area contributed by atoms with Gasteiger partial charge in [-0.3, -0.25) is 4.79 Å². The lowest BCUT2D eigenvalue weighted by Gasteiger charge is -2.11. The second-order valence-electron chi connectivity index (χ2n) is 3.78. The average molecular weight is 218 g/mol. The van der Waals surface area contributed by atoms with Crippen LogP contribution in [0.5, 0.6) is 0 Å². The molecule has 4 nitrogen and oxygen atoms in total. The summed E-state index contributed by atoms with van der Waals surface area (Å²) < 4.78 is 0. The van der Waals surface area contributed by atoms with Crippen LogP contribution in [0.15, 0.2) is 24.3 Å². The van der Waals surface area contributed by atoms with Crippen LogP contribution in [0.25, 0.3) is 0 Å². The number of nitrogens with zero attached hydrogens (tertiary/aromatic N) is 1. The van der Waals surface area contributed by atoms with Gasteiger partial charge in [-0.1, -0.05) is 13.0 Å². The summed E-state index contributed by atoms with van der Waals surface area (Å²) in [5.41, 5.74) is 1.44. The van der Waals surface area contributed by atoms with Crippen molar-refractivity contribution in [3.8, 4) is 6.07 Å². The topological polar surface area (TPSA) is 73.1 Å². The minimum absolute atomic E-state index is 0.0586. The highest BCUT2D eigenvalue weighted by atomic mass is 16.4. The van der Waals surface area contributed by atoms with E-state index in [4.69, 9.17) is 10.4 Å². The van der Waals surface area contributed by atoms with E-state index >= 15 is 0 Å². The van der Waals surface area contributed by atoms with E-state index in [1.165, 1.54) is 0 Å². The zero-order chi connectivity index (χ0) is 12.0. The van der Waals surface area contributed by atoms with Gasteiger partial charge < -0.3 is 10.4 Å². The molecule has 1 aromatic carbocycles. The molecule has 84 valence electrons. The monoisotopic (exact) mass is 218 g/mol. The van der Waals surface area contributed by atoms with Crippen molar-refractivity contribution in [2.24, 2.45) is 5.92 Å². The van der Waals surface area contributed by atoms with E-state index in [-0.39, 0.29) is 12.3 Å². The summed E-state index contributed by atoms with van der Waals surface area (Å²) in [5.74, 6) is -0.733. The number of benzene rings is 1. The molecule has 0 bridgehead atoms. The van der Waals surface area contributed by atoms with Crippen LogP contribution in [0.1, 0.15) is 18.9 Å². The molecule has 1 aromatic rings. The minimum atomic E-state index is -0.792. The molecule has 4 heteroatoms. The molecular formula is C12H14N2O2. The molecule has 0 amide bonds. The first-order valence-corrected chi connectivity index (χ1v) is 5.07. The van der Waals surface area contributed by atoms with E-state index < -0.39 is 5.97 Å². The van der Waals surface area contributed by atoms with Crippen LogP contribution in [0.2, 0.25) is 0 Å². The van der Waals surface area contributed by atoms with Crippen molar-refractivity contribution in [1.29, 1.82) is 5.26 Å². The average Bonchev–Trinajstić information content (AvgIpc) is 2.26. The Morgan fingerprint density at radius 3 is 3.00 bits per heavy atom. The maximum absolute atomic E-state index is 10.5. The first kappa shape index (κ1) is 12.1. The summed E-state index contributed by atoms with van der Waals surface area (Å²) >= 11 is 0. The molecule has 0 saturated carbocycles. The van der Waals surface area contributed by atoms with Gasteiger partial charge in [-0.05, 0) is 24.1 Å². The number of hydrogen-bond acceptors (Lipinski definition) is 3. The summed E-state index contributed by atoms with van der Waals surface area (Å²) in [6, 6.07) is 9.17. The first-order chi connectivity index (χ1) is 7.61. The highest BCUT2D eigenvalue weighted by molar-refractivity contribution is 5.67. The van der Waals surface area contributed by atoms with E-state index in [1.54, 1.807) is 18.2 Å². The molecule has 0 aliphatic rings. The van der Waals surface area contributed by atoms with Crippen LogP contribution < -0.4 is 5.32 Å². The molecule has 0 aliphatic carbocycles. The van der Waals surface area contributed by atoms with Crippen molar-refractivity contribution in [1.82, 2.24) is 0 Å². The van der Waals surface area contributed by atoms with E-state index in [9.17, 15) is 4.79 Å². The summed E-state index contributed by atoms with van der Waals surface area (Å²) in [6.45, 7) is 2.45. The van der Waals surface area contributed by atoms with Gasteiger partial charge in [0, 0.05) is 18.7 Å². The highest BCUT2D eigenvalue weighted by Gasteiger charge is 2.06. The molecule has 1 unspecified atom stereocenters. The number of carboxylic acid groups (broad SMARTS) is 1. The quantitative estimate of drug-likeness (QED) is 0.793. The molecule has 0 heterocycles. The fraction of sp³-hybridized carbons (Fsp3) is 0.333. The number of carbonyl (C=O) groups is 1. The third-order valence-corrected chi connectivity index (χ3v) is 2.17. The van der Waals surface area contributed by atoms with Crippen molar-refractivity contribution in [2.45, 2.75) is 13.3 Å². The van der Waals surface area contributed by atoms with Gasteiger partial charge in [-0.15, -0.1) is 0 Å². The van der Waals surface area contributed by atoms with Gasteiger partial charge in [0.25, 0.3) is 0 Å². The third kappa shape index (κ3) is 4.01. The lowest BCUT2D eigenvalue weighted by atomic mass is 10.1. The molecular weight excluding hydrogens is 204 g/mol. The van der Waals surface area contributed by atoms with E-state index in [1.807, 2.05) is 13.0 Å². The van der Waals surface area contributed by atoms with Gasteiger partial charge in [-0.2, -0.15) is 5.26 Å². The number of nitriles is 1. The Labute approximate surface area is 94.5 Å². The number of anilines is 1. The van der Waals surface area contributed by atoms with Gasteiger partial charge in [0.1, 0.15) is 0 Å². The van der Waals surface area contributed by atoms with Crippen molar-refractivity contribution >= 4 is 11.7 Å². The van der Waals surface area contributed by atoms with Crippen molar-refractivity contribution < 1.29 is 9.90 Å². The van der Waals surface area contributed by atoms with Gasteiger partial charge in [-0.25, -0.2) is 0 Å². The zero-order valence-electron chi connectivity index (χ0n) is 9.10. The normalized spacial score (nSPS) is 11.5. The van der Waals surface area contributed by atoms with E-state index in [0.29, 0.717) is 12.1 Å². The van der Waals surface area contributed by atoms with Gasteiger partial charge >= 0.3 is 5.97 Å². The summed E-state index contributed by atoms with van der Waals surface area (Å²) in [5, 5.41) is 20.4. The third-order valence-electron chi connectivity index (χ3n) is 2.17. The second kappa shape index (κ2) is 5.76. The molecule has 0 saturated heterocycles. The Morgan fingerprint density at radius 1 is 1.62 bits per heavy atom. The van der Waals surface area contributed by atoms with Crippen LogP contribution in [-0.2, 0) is 4.79 Å². The minimum Gasteiger partial charge on any atom is -0.481 e. The molecule has 0 fully saturated rings. The van der Waals surface area contributed by atoms with Crippen LogP contribution in [0, 0.1) is 17.2 Å².